The minimum atomic E-state index is -1.09. The van der Waals surface area contributed by atoms with E-state index in [9.17, 15) is 9.59 Å². The zero-order valence-electron chi connectivity index (χ0n) is 10.9. The van der Waals surface area contributed by atoms with E-state index in [2.05, 4.69) is 21.2 Å². The van der Waals surface area contributed by atoms with E-state index in [4.69, 9.17) is 10.8 Å². The zero-order valence-corrected chi connectivity index (χ0v) is 12.5. The Bertz CT molecular complexity index is 495. The number of aromatic carboxylic acids is 1. The van der Waals surface area contributed by atoms with Gasteiger partial charge in [-0.15, -0.1) is 0 Å². The Morgan fingerprint density at radius 1 is 1.42 bits per heavy atom. The maximum absolute atomic E-state index is 11.7. The molecule has 0 atom stereocenters. The molecule has 4 N–H and O–H groups in total. The van der Waals surface area contributed by atoms with Crippen LogP contribution in [0.4, 0.5) is 5.69 Å². The molecule has 0 fully saturated rings. The van der Waals surface area contributed by atoms with Crippen LogP contribution >= 0.6 is 15.9 Å². The molecule has 6 heteroatoms. The summed E-state index contributed by atoms with van der Waals surface area (Å²) in [6, 6.07) is 4.68. The molecule has 0 heterocycles. The molecule has 0 saturated carbocycles. The second-order valence-electron chi connectivity index (χ2n) is 5.03. The maximum atomic E-state index is 11.7. The van der Waals surface area contributed by atoms with E-state index in [1.165, 1.54) is 6.07 Å². The van der Waals surface area contributed by atoms with Gasteiger partial charge in [0, 0.05) is 16.4 Å². The highest BCUT2D eigenvalue weighted by Gasteiger charge is 2.16. The van der Waals surface area contributed by atoms with Crippen molar-refractivity contribution in [2.75, 3.05) is 5.32 Å². The van der Waals surface area contributed by atoms with E-state index in [0.29, 0.717) is 10.9 Å². The Labute approximate surface area is 120 Å². The largest absolute Gasteiger partial charge is 0.478 e. The Morgan fingerprint density at radius 3 is 2.58 bits per heavy atom. The second kappa shape index (κ2) is 6.16. The van der Waals surface area contributed by atoms with E-state index >= 15 is 0 Å². The number of halogens is 1. The first-order chi connectivity index (χ1) is 8.69. The zero-order chi connectivity index (χ0) is 14.6. The summed E-state index contributed by atoms with van der Waals surface area (Å²) < 4.78 is 0.644. The van der Waals surface area contributed by atoms with Gasteiger partial charge in [0.1, 0.15) is 0 Å². The fourth-order valence-electron chi connectivity index (χ4n) is 1.45. The number of carboxylic acids is 1. The predicted molar refractivity (Wildman–Crippen MR) is 77.2 cm³/mol. The smallest absolute Gasteiger partial charge is 0.337 e. The minimum Gasteiger partial charge on any atom is -0.478 e. The van der Waals surface area contributed by atoms with E-state index < -0.39 is 11.5 Å². The molecule has 0 aromatic heterocycles. The third-order valence-corrected chi connectivity index (χ3v) is 2.98. The molecular weight excluding hydrogens is 312 g/mol. The molecule has 19 heavy (non-hydrogen) atoms. The quantitative estimate of drug-likeness (QED) is 0.774. The van der Waals surface area contributed by atoms with Gasteiger partial charge in [-0.1, -0.05) is 15.9 Å². The van der Waals surface area contributed by atoms with E-state index in [-0.39, 0.29) is 23.6 Å². The first-order valence-corrected chi connectivity index (χ1v) is 6.60. The Hall–Kier alpha value is -1.40. The number of hydrogen-bond donors (Lipinski definition) is 3. The van der Waals surface area contributed by atoms with Gasteiger partial charge in [0.15, 0.2) is 0 Å². The summed E-state index contributed by atoms with van der Waals surface area (Å²) in [6.07, 6.45) is 0.774. The summed E-state index contributed by atoms with van der Waals surface area (Å²) in [4.78, 5) is 22.8. The maximum Gasteiger partial charge on any atom is 0.337 e. The number of carbonyl (C=O) groups excluding carboxylic acids is 1. The number of nitrogens with two attached hydrogens (primary N) is 1. The van der Waals surface area contributed by atoms with Crippen molar-refractivity contribution in [3.05, 3.63) is 28.2 Å². The molecule has 5 nitrogen and oxygen atoms in total. The van der Waals surface area contributed by atoms with Crippen LogP contribution in [0.15, 0.2) is 22.7 Å². The van der Waals surface area contributed by atoms with Crippen LogP contribution in [-0.4, -0.2) is 22.5 Å². The first-order valence-electron chi connectivity index (χ1n) is 5.80. The monoisotopic (exact) mass is 328 g/mol. The third-order valence-electron chi connectivity index (χ3n) is 2.48. The lowest BCUT2D eigenvalue weighted by molar-refractivity contribution is -0.116. The minimum absolute atomic E-state index is 0.0507. The van der Waals surface area contributed by atoms with Gasteiger partial charge >= 0.3 is 5.97 Å². The third kappa shape index (κ3) is 5.40. The van der Waals surface area contributed by atoms with Crippen molar-refractivity contribution in [1.29, 1.82) is 0 Å². The van der Waals surface area contributed by atoms with E-state index in [0.717, 1.165) is 0 Å². The van der Waals surface area contributed by atoms with Crippen molar-refractivity contribution < 1.29 is 14.7 Å². The summed E-state index contributed by atoms with van der Waals surface area (Å²) >= 11 is 3.20. The lowest BCUT2D eigenvalue weighted by Gasteiger charge is -2.17. The fourth-order valence-corrected chi connectivity index (χ4v) is 1.81. The van der Waals surface area contributed by atoms with Crippen LogP contribution in [0.1, 0.15) is 37.0 Å². The van der Waals surface area contributed by atoms with Crippen molar-refractivity contribution in [2.24, 2.45) is 5.73 Å². The Morgan fingerprint density at radius 2 is 2.05 bits per heavy atom. The molecule has 104 valence electrons. The summed E-state index contributed by atoms with van der Waals surface area (Å²) in [6.45, 7) is 3.67. The molecule has 1 amide bonds. The van der Waals surface area contributed by atoms with Crippen LogP contribution in [0.2, 0.25) is 0 Å². The van der Waals surface area contributed by atoms with Crippen LogP contribution in [0, 0.1) is 0 Å². The molecule has 0 saturated heterocycles. The van der Waals surface area contributed by atoms with Gasteiger partial charge in [-0.05, 0) is 38.5 Å². The van der Waals surface area contributed by atoms with Gasteiger partial charge in [0.2, 0.25) is 5.91 Å². The highest BCUT2D eigenvalue weighted by Crippen LogP contribution is 2.21. The van der Waals surface area contributed by atoms with Crippen molar-refractivity contribution in [3.8, 4) is 0 Å². The molecule has 0 aliphatic rings. The number of hydrogen-bond acceptors (Lipinski definition) is 3. The normalized spacial score (nSPS) is 11.2. The number of anilines is 1. The molecule has 0 bridgehead atoms. The van der Waals surface area contributed by atoms with Crippen molar-refractivity contribution in [1.82, 2.24) is 0 Å². The summed E-state index contributed by atoms with van der Waals surface area (Å²) in [5.74, 6) is -1.33. The van der Waals surface area contributed by atoms with Crippen LogP contribution in [0.5, 0.6) is 0 Å². The fraction of sp³-hybridized carbons (Fsp3) is 0.385. The standard InChI is InChI=1S/C13H17BrN2O3/c1-13(2,15)6-5-11(17)16-10-4-3-8(14)7-9(10)12(18)19/h3-4,7H,5-6,15H2,1-2H3,(H,16,17)(H,18,19). The van der Waals surface area contributed by atoms with Crippen LogP contribution in [0.25, 0.3) is 0 Å². The summed E-state index contributed by atoms with van der Waals surface area (Å²) in [5, 5.41) is 11.7. The molecular formula is C13H17BrN2O3. The molecule has 1 aromatic carbocycles. The summed E-state index contributed by atoms with van der Waals surface area (Å²) in [5.41, 5.74) is 5.71. The molecule has 0 aliphatic heterocycles. The SMILES string of the molecule is CC(C)(N)CCC(=O)Nc1ccc(Br)cc1C(=O)O. The lowest BCUT2D eigenvalue weighted by atomic mass is 10.00. The van der Waals surface area contributed by atoms with Crippen molar-refractivity contribution in [2.45, 2.75) is 32.2 Å². The summed E-state index contributed by atoms with van der Waals surface area (Å²) in [7, 11) is 0. The van der Waals surface area contributed by atoms with Gasteiger partial charge in [-0.2, -0.15) is 0 Å². The average molecular weight is 329 g/mol. The Balaban J connectivity index is 2.77. The van der Waals surface area contributed by atoms with Crippen molar-refractivity contribution >= 4 is 33.5 Å². The second-order valence-corrected chi connectivity index (χ2v) is 5.95. The number of rotatable bonds is 5. The van der Waals surface area contributed by atoms with Gasteiger partial charge in [-0.3, -0.25) is 4.79 Å². The molecule has 0 spiro atoms. The van der Waals surface area contributed by atoms with Gasteiger partial charge < -0.3 is 16.2 Å². The van der Waals surface area contributed by atoms with E-state index in [1.54, 1.807) is 12.1 Å². The van der Waals surface area contributed by atoms with Gasteiger partial charge in [-0.25, -0.2) is 4.79 Å². The van der Waals surface area contributed by atoms with Gasteiger partial charge in [0.05, 0.1) is 11.3 Å². The number of carboxylic acid groups (broad SMARTS) is 1. The number of carbonyl (C=O) groups is 2. The molecule has 0 unspecified atom stereocenters. The van der Waals surface area contributed by atoms with Crippen molar-refractivity contribution in [3.63, 3.8) is 0 Å². The lowest BCUT2D eigenvalue weighted by Crippen LogP contribution is -2.33. The number of amides is 1. The highest BCUT2D eigenvalue weighted by atomic mass is 79.9. The Kier molecular flexibility index (Phi) is 5.08. The van der Waals surface area contributed by atoms with Crippen LogP contribution < -0.4 is 11.1 Å². The number of nitrogens with one attached hydrogen (secondary N) is 1. The van der Waals surface area contributed by atoms with Crippen LogP contribution in [0.3, 0.4) is 0 Å². The predicted octanol–water partition coefficient (Wildman–Crippen LogP) is 2.60. The number of benzene rings is 1. The topological polar surface area (TPSA) is 92.4 Å². The molecule has 0 radical (unpaired) electrons. The highest BCUT2D eigenvalue weighted by molar-refractivity contribution is 9.10. The van der Waals surface area contributed by atoms with Gasteiger partial charge in [0.25, 0.3) is 0 Å². The molecule has 1 rings (SSSR count). The molecule has 0 aliphatic carbocycles. The first kappa shape index (κ1) is 15.7. The molecule has 1 aromatic rings. The van der Waals surface area contributed by atoms with E-state index in [1.807, 2.05) is 13.8 Å². The average Bonchev–Trinajstić information content (AvgIpc) is 2.28. The van der Waals surface area contributed by atoms with Crippen LogP contribution in [-0.2, 0) is 4.79 Å².